The lowest BCUT2D eigenvalue weighted by atomic mass is 10.0. The number of nitrogens with one attached hydrogen (secondary N) is 2. The third-order valence-corrected chi connectivity index (χ3v) is 5.23. The summed E-state index contributed by atoms with van der Waals surface area (Å²) in [5.74, 6) is -0.0838. The number of anilines is 1. The monoisotopic (exact) mass is 491 g/mol. The Kier molecular flexibility index (Phi) is 7.45. The van der Waals surface area contributed by atoms with Gasteiger partial charge in [-0.05, 0) is 66.6 Å². The van der Waals surface area contributed by atoms with E-state index in [1.807, 2.05) is 25.1 Å². The predicted octanol–water partition coefficient (Wildman–Crippen LogP) is 2.73. The lowest BCUT2D eigenvalue weighted by Gasteiger charge is -2.24. The fourth-order valence-electron chi connectivity index (χ4n) is 3.52. The van der Waals surface area contributed by atoms with Gasteiger partial charge in [-0.3, -0.25) is 10.2 Å². The van der Waals surface area contributed by atoms with E-state index in [1.165, 1.54) is 17.1 Å². The molecule has 1 aliphatic rings. The maximum atomic E-state index is 14.9. The van der Waals surface area contributed by atoms with Crippen LogP contribution in [0.3, 0.4) is 0 Å². The largest absolute Gasteiger partial charge is 0.493 e. The summed E-state index contributed by atoms with van der Waals surface area (Å²) in [6, 6.07) is 11.2. The fraction of sp³-hybridized carbons (Fsp3) is 0.261. The molecule has 0 radical (unpaired) electrons. The lowest BCUT2D eigenvalue weighted by Crippen LogP contribution is -2.32. The van der Waals surface area contributed by atoms with E-state index >= 15 is 0 Å². The molecule has 0 atom stereocenters. The molecule has 1 aliphatic heterocycles. The van der Waals surface area contributed by atoms with Gasteiger partial charge in [-0.25, -0.2) is 14.5 Å². The minimum atomic E-state index is -0.759. The Morgan fingerprint density at radius 2 is 2.17 bits per heavy atom. The number of hydrogen-bond donors (Lipinski definition) is 2. The maximum absolute atomic E-state index is 14.9. The zero-order valence-corrected chi connectivity index (χ0v) is 19.5. The molecule has 1 aromatic heterocycles. The summed E-state index contributed by atoms with van der Waals surface area (Å²) in [6.45, 7) is 2.71. The van der Waals surface area contributed by atoms with Crippen LogP contribution in [0.25, 0.3) is 0 Å². The van der Waals surface area contributed by atoms with Crippen molar-refractivity contribution in [2.75, 3.05) is 25.7 Å². The summed E-state index contributed by atoms with van der Waals surface area (Å²) in [7, 11) is 1.56. The van der Waals surface area contributed by atoms with Crippen molar-refractivity contribution < 1.29 is 18.7 Å². The number of carbonyl (C=O) groups is 1. The molecular weight excluding hydrogens is 469 g/mol. The first-order chi connectivity index (χ1) is 17.5. The SMILES string of the molecule is CCOc1cc(C2=NN(C(=O)c3ccc(NN=C(C#N)c4nnn[nH]4)cc3F)CCC2)ccc1OC. The number of nitrogens with zero attached hydrogens (tertiary/aromatic N) is 7. The van der Waals surface area contributed by atoms with E-state index in [-0.39, 0.29) is 22.8 Å². The number of ether oxygens (including phenoxy) is 2. The van der Waals surface area contributed by atoms with Crippen molar-refractivity contribution in [2.24, 2.45) is 10.2 Å². The minimum Gasteiger partial charge on any atom is -0.493 e. The zero-order chi connectivity index (χ0) is 25.5. The van der Waals surface area contributed by atoms with Gasteiger partial charge in [0.1, 0.15) is 11.9 Å². The zero-order valence-electron chi connectivity index (χ0n) is 19.5. The Morgan fingerprint density at radius 3 is 2.86 bits per heavy atom. The number of aromatic nitrogens is 4. The van der Waals surface area contributed by atoms with Gasteiger partial charge >= 0.3 is 0 Å². The second-order valence-electron chi connectivity index (χ2n) is 7.51. The third kappa shape index (κ3) is 5.27. The Bertz CT molecular complexity index is 1350. The molecule has 36 heavy (non-hydrogen) atoms. The van der Waals surface area contributed by atoms with Crippen LogP contribution < -0.4 is 14.9 Å². The molecule has 0 unspecified atom stereocenters. The molecule has 2 heterocycles. The molecule has 184 valence electrons. The van der Waals surface area contributed by atoms with Gasteiger partial charge in [-0.15, -0.1) is 5.10 Å². The van der Waals surface area contributed by atoms with Crippen molar-refractivity contribution in [2.45, 2.75) is 19.8 Å². The van der Waals surface area contributed by atoms with Gasteiger partial charge in [0.2, 0.25) is 11.5 Å². The molecule has 13 heteroatoms. The highest BCUT2D eigenvalue weighted by molar-refractivity contribution is 6.09. The van der Waals surface area contributed by atoms with Gasteiger partial charge in [0.15, 0.2) is 11.5 Å². The second kappa shape index (κ2) is 11.0. The van der Waals surface area contributed by atoms with Gasteiger partial charge in [0, 0.05) is 12.1 Å². The van der Waals surface area contributed by atoms with Crippen LogP contribution in [0.15, 0.2) is 46.6 Å². The number of tetrazole rings is 1. The van der Waals surface area contributed by atoms with E-state index in [9.17, 15) is 14.4 Å². The Labute approximate surface area is 205 Å². The van der Waals surface area contributed by atoms with E-state index in [4.69, 9.17) is 9.47 Å². The molecule has 0 fully saturated rings. The number of aromatic amines is 1. The molecule has 0 aliphatic carbocycles. The molecule has 1 amide bonds. The van der Waals surface area contributed by atoms with E-state index in [0.29, 0.717) is 43.2 Å². The summed E-state index contributed by atoms with van der Waals surface area (Å²) in [5, 5.41) is 31.6. The van der Waals surface area contributed by atoms with Crippen molar-refractivity contribution in [3.63, 3.8) is 0 Å². The maximum Gasteiger partial charge on any atom is 0.276 e. The van der Waals surface area contributed by atoms with Gasteiger partial charge in [0.25, 0.3) is 5.91 Å². The average molecular weight is 491 g/mol. The molecule has 0 spiro atoms. The summed E-state index contributed by atoms with van der Waals surface area (Å²) in [4.78, 5) is 13.1. The van der Waals surface area contributed by atoms with Gasteiger partial charge in [-0.2, -0.15) is 15.5 Å². The number of amides is 1. The van der Waals surface area contributed by atoms with Crippen molar-refractivity contribution in [3.05, 3.63) is 59.2 Å². The van der Waals surface area contributed by atoms with Crippen molar-refractivity contribution >= 4 is 23.0 Å². The van der Waals surface area contributed by atoms with Crippen LogP contribution in [-0.4, -0.2) is 63.2 Å². The molecule has 0 saturated carbocycles. The summed E-state index contributed by atoms with van der Waals surface area (Å²) < 4.78 is 25.8. The highest BCUT2D eigenvalue weighted by Gasteiger charge is 2.24. The molecule has 4 rings (SSSR count). The van der Waals surface area contributed by atoms with Gasteiger partial charge in [0.05, 0.1) is 30.7 Å². The number of methoxy groups -OCH3 is 1. The van der Waals surface area contributed by atoms with Crippen LogP contribution in [0.4, 0.5) is 10.1 Å². The topological polar surface area (TPSA) is 154 Å². The second-order valence-corrected chi connectivity index (χ2v) is 7.51. The van der Waals surface area contributed by atoms with Crippen molar-refractivity contribution in [1.82, 2.24) is 25.6 Å². The quantitative estimate of drug-likeness (QED) is 0.360. The smallest absolute Gasteiger partial charge is 0.276 e. The van der Waals surface area contributed by atoms with Gasteiger partial charge < -0.3 is 9.47 Å². The number of benzene rings is 2. The van der Waals surface area contributed by atoms with Crippen LogP contribution in [-0.2, 0) is 0 Å². The van der Waals surface area contributed by atoms with Crippen LogP contribution in [0.2, 0.25) is 0 Å². The minimum absolute atomic E-state index is 0.0567. The normalized spacial score (nSPS) is 13.6. The summed E-state index contributed by atoms with van der Waals surface area (Å²) in [6.07, 6.45) is 1.33. The number of nitriles is 1. The van der Waals surface area contributed by atoms with Gasteiger partial charge in [-0.1, -0.05) is 0 Å². The first-order valence-electron chi connectivity index (χ1n) is 11.0. The highest BCUT2D eigenvalue weighted by Crippen LogP contribution is 2.30. The molecular formula is C23H22FN9O3. The average Bonchev–Trinajstić information content (AvgIpc) is 3.44. The number of rotatable bonds is 8. The highest BCUT2D eigenvalue weighted by atomic mass is 19.1. The molecule has 3 aromatic rings. The number of H-pyrrole nitrogens is 1. The lowest BCUT2D eigenvalue weighted by molar-refractivity contribution is 0.0747. The van der Waals surface area contributed by atoms with E-state index < -0.39 is 11.7 Å². The van der Waals surface area contributed by atoms with Crippen LogP contribution in [0, 0.1) is 17.1 Å². The number of halogens is 1. The van der Waals surface area contributed by atoms with E-state index in [1.54, 1.807) is 13.2 Å². The van der Waals surface area contributed by atoms with E-state index in [0.717, 1.165) is 11.6 Å². The molecule has 0 bridgehead atoms. The third-order valence-electron chi connectivity index (χ3n) is 5.23. The molecule has 2 aromatic carbocycles. The summed E-state index contributed by atoms with van der Waals surface area (Å²) in [5.41, 5.74) is 4.01. The Hall–Kier alpha value is -4.86. The first kappa shape index (κ1) is 24.3. The Balaban J connectivity index is 1.52. The van der Waals surface area contributed by atoms with Crippen LogP contribution >= 0.6 is 0 Å². The van der Waals surface area contributed by atoms with Crippen molar-refractivity contribution in [3.8, 4) is 17.6 Å². The number of hydrogen-bond acceptors (Lipinski definition) is 10. The standard InChI is InChI=1S/C23H22FN9O3/c1-3-36-21-11-14(6-9-20(21)35-2)18-5-4-10-33(30-18)23(34)16-8-7-15(12-17(16)24)26-27-19(13-25)22-28-31-32-29-22/h6-9,11-12,26H,3-5,10H2,1-2H3,(H,28,29,31,32). The first-order valence-corrected chi connectivity index (χ1v) is 11.0. The van der Waals surface area contributed by atoms with Crippen molar-refractivity contribution in [1.29, 1.82) is 5.26 Å². The van der Waals surface area contributed by atoms with E-state index in [2.05, 4.69) is 36.3 Å². The van der Waals surface area contributed by atoms with Crippen LogP contribution in [0.1, 0.15) is 41.5 Å². The molecule has 0 saturated heterocycles. The number of carbonyl (C=O) groups excluding carboxylic acids is 1. The molecule has 12 nitrogen and oxygen atoms in total. The predicted molar refractivity (Wildman–Crippen MR) is 127 cm³/mol. The Morgan fingerprint density at radius 1 is 1.31 bits per heavy atom. The number of hydrazone groups is 2. The fourth-order valence-corrected chi connectivity index (χ4v) is 3.52. The molecule has 2 N–H and O–H groups in total. The van der Waals surface area contributed by atoms with Crippen LogP contribution in [0.5, 0.6) is 11.5 Å². The summed E-state index contributed by atoms with van der Waals surface area (Å²) >= 11 is 0.